The summed E-state index contributed by atoms with van der Waals surface area (Å²) in [6.07, 6.45) is -1.66. The van der Waals surface area contributed by atoms with Crippen molar-refractivity contribution in [1.82, 2.24) is 25.0 Å². The minimum Gasteiger partial charge on any atom is -0.383 e. The summed E-state index contributed by atoms with van der Waals surface area (Å²) in [4.78, 5) is 18.4. The fourth-order valence-electron chi connectivity index (χ4n) is 4.94. The number of benzene rings is 1. The highest BCUT2D eigenvalue weighted by Crippen LogP contribution is 2.44. The predicted molar refractivity (Wildman–Crippen MR) is 121 cm³/mol. The van der Waals surface area contributed by atoms with E-state index in [9.17, 15) is 18.0 Å². The molecule has 2 amide bonds. The Hall–Kier alpha value is -3.56. The number of nitrogens with one attached hydrogen (secondary N) is 1. The number of pyridine rings is 1. The highest BCUT2D eigenvalue weighted by Gasteiger charge is 2.51. The van der Waals surface area contributed by atoms with Crippen LogP contribution in [0, 0.1) is 0 Å². The zero-order valence-electron chi connectivity index (χ0n) is 18.6. The number of aromatic nitrogens is 3. The molecule has 1 aromatic carbocycles. The van der Waals surface area contributed by atoms with Crippen molar-refractivity contribution in [3.05, 3.63) is 65.5 Å². The fourth-order valence-corrected chi connectivity index (χ4v) is 4.94. The molecule has 1 saturated heterocycles. The van der Waals surface area contributed by atoms with Crippen LogP contribution < -0.4 is 11.1 Å². The smallest absolute Gasteiger partial charge is 0.383 e. The number of carbonyl (C=O) groups excluding carboxylic acids is 1. The molecule has 3 N–H and O–H groups in total. The molecule has 2 aliphatic rings. The van der Waals surface area contributed by atoms with E-state index in [1.165, 1.54) is 6.20 Å². The largest absolute Gasteiger partial charge is 0.419 e. The first-order chi connectivity index (χ1) is 16.2. The summed E-state index contributed by atoms with van der Waals surface area (Å²) in [6, 6.07) is 12.5. The topological polar surface area (TPSA) is 89.1 Å². The van der Waals surface area contributed by atoms with Crippen molar-refractivity contribution in [2.75, 3.05) is 18.8 Å². The first-order valence-corrected chi connectivity index (χ1v) is 11.2. The first kappa shape index (κ1) is 22.2. The Kier molecular flexibility index (Phi) is 5.26. The number of aryl methyl sites for hydroxylation is 1. The van der Waals surface area contributed by atoms with Crippen LogP contribution in [0.5, 0.6) is 0 Å². The lowest BCUT2D eigenvalue weighted by Gasteiger charge is -2.47. The standard InChI is InChI=1S/C24H25F3N6O/c1-2-18(15-6-4-3-5-7-15)30-22(34)32-13-23(14-32)8-9-33-20(23)11-19(31-33)16-10-17(24(25,26)27)21(28)29-12-16/h3-7,10-12,18H,2,8-9,13-14H2,1H3,(H2,28,29)(H,30,34)/t18-/m1/s1. The number of likely N-dealkylation sites (tertiary alicyclic amines) is 1. The molecule has 5 rings (SSSR count). The van der Waals surface area contributed by atoms with Crippen molar-refractivity contribution in [3.63, 3.8) is 0 Å². The first-order valence-electron chi connectivity index (χ1n) is 11.2. The zero-order valence-corrected chi connectivity index (χ0v) is 18.6. The molecule has 0 radical (unpaired) electrons. The van der Waals surface area contributed by atoms with E-state index in [4.69, 9.17) is 5.73 Å². The number of nitrogens with two attached hydrogens (primary N) is 1. The van der Waals surface area contributed by atoms with Gasteiger partial charge >= 0.3 is 12.2 Å². The van der Waals surface area contributed by atoms with E-state index in [1.54, 1.807) is 4.90 Å². The van der Waals surface area contributed by atoms with Gasteiger partial charge < -0.3 is 16.0 Å². The third-order valence-corrected chi connectivity index (χ3v) is 6.83. The van der Waals surface area contributed by atoms with Crippen molar-refractivity contribution >= 4 is 11.8 Å². The number of nitrogen functional groups attached to an aromatic ring is 1. The van der Waals surface area contributed by atoms with Crippen LogP contribution in [-0.2, 0) is 18.1 Å². The summed E-state index contributed by atoms with van der Waals surface area (Å²) in [5, 5.41) is 7.62. The maximum Gasteiger partial charge on any atom is 0.419 e. The normalized spacial score (nSPS) is 17.4. The third kappa shape index (κ3) is 3.76. The van der Waals surface area contributed by atoms with Crippen LogP contribution in [0.25, 0.3) is 11.3 Å². The lowest BCUT2D eigenvalue weighted by molar-refractivity contribution is -0.137. The minimum absolute atomic E-state index is 0.0631. The third-order valence-electron chi connectivity index (χ3n) is 6.83. The lowest BCUT2D eigenvalue weighted by Crippen LogP contribution is -2.62. The van der Waals surface area contributed by atoms with Gasteiger partial charge in [-0.2, -0.15) is 18.3 Å². The van der Waals surface area contributed by atoms with Gasteiger partial charge in [-0.1, -0.05) is 37.3 Å². The lowest BCUT2D eigenvalue weighted by atomic mass is 9.76. The molecule has 2 aliphatic heterocycles. The van der Waals surface area contributed by atoms with Crippen LogP contribution in [0.4, 0.5) is 23.8 Å². The molecule has 1 fully saturated rings. The number of hydrogen-bond acceptors (Lipinski definition) is 4. The number of urea groups is 1. The summed E-state index contributed by atoms with van der Waals surface area (Å²) in [5.41, 5.74) is 6.91. The van der Waals surface area contributed by atoms with Crippen molar-refractivity contribution in [1.29, 1.82) is 0 Å². The van der Waals surface area contributed by atoms with Gasteiger partial charge in [0.1, 0.15) is 5.82 Å². The maximum absolute atomic E-state index is 13.2. The number of amides is 2. The molecule has 1 atom stereocenters. The second-order valence-corrected chi connectivity index (χ2v) is 9.00. The summed E-state index contributed by atoms with van der Waals surface area (Å²) in [6.45, 7) is 3.77. The van der Waals surface area contributed by atoms with Crippen molar-refractivity contribution in [3.8, 4) is 11.3 Å². The molecule has 10 heteroatoms. The average Bonchev–Trinajstić information content (AvgIpc) is 3.36. The summed E-state index contributed by atoms with van der Waals surface area (Å²) in [7, 11) is 0. The van der Waals surface area contributed by atoms with Crippen LogP contribution in [0.1, 0.15) is 42.6 Å². The zero-order chi connectivity index (χ0) is 24.1. The van der Waals surface area contributed by atoms with Gasteiger partial charge in [0.05, 0.1) is 17.3 Å². The van der Waals surface area contributed by atoms with Gasteiger partial charge in [0.15, 0.2) is 0 Å². The summed E-state index contributed by atoms with van der Waals surface area (Å²) in [5.74, 6) is -0.555. The van der Waals surface area contributed by atoms with Gasteiger partial charge in [0.25, 0.3) is 0 Å². The van der Waals surface area contributed by atoms with Crippen LogP contribution in [0.3, 0.4) is 0 Å². The van der Waals surface area contributed by atoms with Crippen molar-refractivity contribution in [2.24, 2.45) is 0 Å². The number of halogens is 3. The Labute approximate surface area is 194 Å². The molecule has 4 heterocycles. The fraction of sp³-hybridized carbons (Fsp3) is 0.375. The number of alkyl halides is 3. The van der Waals surface area contributed by atoms with Crippen LogP contribution in [0.2, 0.25) is 0 Å². The van der Waals surface area contributed by atoms with Crippen molar-refractivity contribution < 1.29 is 18.0 Å². The molecule has 0 bridgehead atoms. The Balaban J connectivity index is 1.31. The highest BCUT2D eigenvalue weighted by molar-refractivity contribution is 5.76. The quantitative estimate of drug-likeness (QED) is 0.593. The van der Waals surface area contributed by atoms with Gasteiger partial charge in [-0.15, -0.1) is 0 Å². The van der Waals surface area contributed by atoms with Crippen molar-refractivity contribution in [2.45, 2.75) is 43.9 Å². The van der Waals surface area contributed by atoms with E-state index in [2.05, 4.69) is 15.4 Å². The Morgan fingerprint density at radius 3 is 2.65 bits per heavy atom. The molecule has 3 aromatic rings. The van der Waals surface area contributed by atoms with Gasteiger partial charge in [0, 0.05) is 42.5 Å². The van der Waals surface area contributed by atoms with Crippen LogP contribution in [0.15, 0.2) is 48.7 Å². The van der Waals surface area contributed by atoms with E-state index in [0.29, 0.717) is 25.3 Å². The molecule has 178 valence electrons. The molecular formula is C24H25F3N6O. The number of hydrogen-bond donors (Lipinski definition) is 2. The van der Waals surface area contributed by atoms with E-state index in [1.807, 2.05) is 48.0 Å². The molecule has 1 spiro atoms. The van der Waals surface area contributed by atoms with Crippen LogP contribution >= 0.6 is 0 Å². The molecule has 7 nitrogen and oxygen atoms in total. The average molecular weight is 470 g/mol. The number of nitrogens with zero attached hydrogens (tertiary/aromatic N) is 4. The van der Waals surface area contributed by atoms with Crippen LogP contribution in [-0.4, -0.2) is 38.8 Å². The van der Waals surface area contributed by atoms with Gasteiger partial charge in [-0.25, -0.2) is 9.78 Å². The number of fused-ring (bicyclic) bond motifs is 2. The van der Waals surface area contributed by atoms with E-state index < -0.39 is 17.6 Å². The van der Waals surface area contributed by atoms with E-state index in [-0.39, 0.29) is 23.1 Å². The van der Waals surface area contributed by atoms with Gasteiger partial charge in [0.2, 0.25) is 0 Å². The minimum atomic E-state index is -4.59. The number of rotatable bonds is 4. The molecule has 2 aromatic heterocycles. The van der Waals surface area contributed by atoms with Gasteiger partial charge in [-0.3, -0.25) is 4.68 Å². The number of anilines is 1. The number of carbonyl (C=O) groups is 1. The second kappa shape index (κ2) is 8.03. The Morgan fingerprint density at radius 2 is 1.97 bits per heavy atom. The molecule has 0 saturated carbocycles. The molecule has 0 aliphatic carbocycles. The summed E-state index contributed by atoms with van der Waals surface area (Å²) >= 11 is 0. The van der Waals surface area contributed by atoms with E-state index in [0.717, 1.165) is 30.2 Å². The Bertz CT molecular complexity index is 1220. The highest BCUT2D eigenvalue weighted by atomic mass is 19.4. The second-order valence-electron chi connectivity index (χ2n) is 9.00. The predicted octanol–water partition coefficient (Wildman–Crippen LogP) is 4.36. The van der Waals surface area contributed by atoms with E-state index >= 15 is 0 Å². The molecule has 0 unspecified atom stereocenters. The maximum atomic E-state index is 13.2. The van der Waals surface area contributed by atoms with Gasteiger partial charge in [-0.05, 0) is 30.5 Å². The molecular weight excluding hydrogens is 445 g/mol. The monoisotopic (exact) mass is 470 g/mol. The summed E-state index contributed by atoms with van der Waals surface area (Å²) < 4.78 is 41.6. The molecule has 34 heavy (non-hydrogen) atoms. The Morgan fingerprint density at radius 1 is 1.24 bits per heavy atom. The SMILES string of the molecule is CC[C@@H](NC(=O)N1CC2(CCn3nc(-c4cnc(N)c(C(F)(F)F)c4)cc32)C1)c1ccccc1.